The molecule has 0 aliphatic carbocycles. The van der Waals surface area contributed by atoms with Gasteiger partial charge in [0.25, 0.3) is 0 Å². The first-order valence-corrected chi connectivity index (χ1v) is 6.09. The molecule has 0 spiro atoms. The van der Waals surface area contributed by atoms with E-state index in [9.17, 15) is 9.59 Å². The summed E-state index contributed by atoms with van der Waals surface area (Å²) < 4.78 is 0. The monoisotopic (exact) mass is 269 g/mol. The lowest BCUT2D eigenvalue weighted by molar-refractivity contribution is 0.0991. The van der Waals surface area contributed by atoms with E-state index in [0.717, 1.165) is 11.3 Å². The normalized spacial score (nSPS) is 10.0. The van der Waals surface area contributed by atoms with Crippen LogP contribution in [-0.2, 0) is 6.54 Å². The summed E-state index contributed by atoms with van der Waals surface area (Å²) in [7, 11) is 0. The number of anilines is 1. The smallest absolute Gasteiger partial charge is 0.249 e. The Kier molecular flexibility index (Phi) is 4.00. The van der Waals surface area contributed by atoms with E-state index in [1.54, 1.807) is 36.4 Å². The van der Waals surface area contributed by atoms with E-state index in [1.165, 1.54) is 0 Å². The third kappa shape index (κ3) is 3.14. The van der Waals surface area contributed by atoms with Crippen LogP contribution in [0, 0.1) is 0 Å². The number of rotatable bonds is 5. The van der Waals surface area contributed by atoms with Crippen molar-refractivity contribution >= 4 is 17.5 Å². The van der Waals surface area contributed by atoms with E-state index in [-0.39, 0.29) is 0 Å². The molecule has 0 aromatic heterocycles. The van der Waals surface area contributed by atoms with Crippen molar-refractivity contribution in [1.29, 1.82) is 0 Å². The molecule has 0 fully saturated rings. The Bertz CT molecular complexity index is 636. The lowest BCUT2D eigenvalue weighted by atomic mass is 10.1. The van der Waals surface area contributed by atoms with Gasteiger partial charge in [0.05, 0.1) is 0 Å². The van der Waals surface area contributed by atoms with Gasteiger partial charge < -0.3 is 16.8 Å². The molecule has 2 aromatic carbocycles. The Hall–Kier alpha value is -2.82. The summed E-state index contributed by atoms with van der Waals surface area (Å²) >= 11 is 0. The number of carbonyl (C=O) groups is 2. The number of benzene rings is 2. The molecule has 5 nitrogen and oxygen atoms in total. The topological polar surface area (TPSA) is 98.2 Å². The summed E-state index contributed by atoms with van der Waals surface area (Å²) in [4.78, 5) is 22.3. The number of nitrogens with two attached hydrogens (primary N) is 2. The second-order valence-electron chi connectivity index (χ2n) is 4.32. The molecule has 0 atom stereocenters. The number of nitrogens with one attached hydrogen (secondary N) is 1. The predicted octanol–water partition coefficient (Wildman–Crippen LogP) is 1.50. The van der Waals surface area contributed by atoms with Gasteiger partial charge in [0.2, 0.25) is 11.8 Å². The Morgan fingerprint density at radius 2 is 1.55 bits per heavy atom. The average molecular weight is 269 g/mol. The van der Waals surface area contributed by atoms with Crippen molar-refractivity contribution in [3.05, 3.63) is 65.2 Å². The molecule has 0 radical (unpaired) electrons. The van der Waals surface area contributed by atoms with Crippen molar-refractivity contribution in [3.8, 4) is 0 Å². The molecule has 5 heteroatoms. The number of primary amides is 2. The molecule has 102 valence electrons. The molecule has 0 saturated heterocycles. The minimum Gasteiger partial charge on any atom is -0.381 e. The van der Waals surface area contributed by atoms with Gasteiger partial charge in [-0.1, -0.05) is 18.2 Å². The Labute approximate surface area is 116 Å². The Morgan fingerprint density at radius 3 is 2.15 bits per heavy atom. The highest BCUT2D eigenvalue weighted by Gasteiger charge is 2.06. The molecule has 5 N–H and O–H groups in total. The third-order valence-electron chi connectivity index (χ3n) is 2.94. The predicted molar refractivity (Wildman–Crippen MR) is 77.2 cm³/mol. The van der Waals surface area contributed by atoms with Gasteiger partial charge in [0.1, 0.15) is 0 Å². The van der Waals surface area contributed by atoms with E-state index >= 15 is 0 Å². The van der Waals surface area contributed by atoms with Crippen LogP contribution in [0.2, 0.25) is 0 Å². The van der Waals surface area contributed by atoms with Gasteiger partial charge in [-0.3, -0.25) is 9.59 Å². The van der Waals surface area contributed by atoms with Crippen molar-refractivity contribution < 1.29 is 9.59 Å². The first kappa shape index (κ1) is 13.6. The number of hydrogen-bond donors (Lipinski definition) is 3. The van der Waals surface area contributed by atoms with Gasteiger partial charge in [0.15, 0.2) is 0 Å². The SMILES string of the molecule is NC(=O)c1ccc(NCc2ccccc2C(N)=O)cc1. The maximum absolute atomic E-state index is 11.3. The zero-order valence-electron chi connectivity index (χ0n) is 10.8. The van der Waals surface area contributed by atoms with Gasteiger partial charge in [-0.2, -0.15) is 0 Å². The lowest BCUT2D eigenvalue weighted by Gasteiger charge is -2.09. The Morgan fingerprint density at radius 1 is 0.900 bits per heavy atom. The number of amides is 2. The molecule has 0 bridgehead atoms. The molecule has 0 unspecified atom stereocenters. The summed E-state index contributed by atoms with van der Waals surface area (Å²) in [6.07, 6.45) is 0. The first-order chi connectivity index (χ1) is 9.58. The van der Waals surface area contributed by atoms with E-state index in [1.807, 2.05) is 12.1 Å². The van der Waals surface area contributed by atoms with Crippen LogP contribution in [0.3, 0.4) is 0 Å². The average Bonchev–Trinajstić information content (AvgIpc) is 2.45. The van der Waals surface area contributed by atoms with Crippen LogP contribution in [0.5, 0.6) is 0 Å². The second kappa shape index (κ2) is 5.88. The summed E-state index contributed by atoms with van der Waals surface area (Å²) in [5.41, 5.74) is 13.1. The molecule has 2 aromatic rings. The molecule has 2 rings (SSSR count). The zero-order valence-corrected chi connectivity index (χ0v) is 10.8. The first-order valence-electron chi connectivity index (χ1n) is 6.09. The van der Waals surface area contributed by atoms with E-state index < -0.39 is 11.8 Å². The van der Waals surface area contributed by atoms with Crippen LogP contribution >= 0.6 is 0 Å². The fraction of sp³-hybridized carbons (Fsp3) is 0.0667. The van der Waals surface area contributed by atoms with Crippen molar-refractivity contribution in [3.63, 3.8) is 0 Å². The highest BCUT2D eigenvalue weighted by Crippen LogP contribution is 2.13. The highest BCUT2D eigenvalue weighted by molar-refractivity contribution is 5.94. The van der Waals surface area contributed by atoms with Gasteiger partial charge >= 0.3 is 0 Å². The molecule has 0 heterocycles. The molecule has 0 saturated carbocycles. The van der Waals surface area contributed by atoms with Gasteiger partial charge in [-0.15, -0.1) is 0 Å². The van der Waals surface area contributed by atoms with E-state index in [0.29, 0.717) is 17.7 Å². The lowest BCUT2D eigenvalue weighted by Crippen LogP contribution is -2.15. The Balaban J connectivity index is 2.09. The van der Waals surface area contributed by atoms with Crippen LogP contribution in [0.1, 0.15) is 26.3 Å². The minimum absolute atomic E-state index is 0.452. The molecular formula is C15H15N3O2. The summed E-state index contributed by atoms with van der Waals surface area (Å²) in [5, 5.41) is 3.16. The third-order valence-corrected chi connectivity index (χ3v) is 2.94. The molecule has 2 amide bonds. The molecular weight excluding hydrogens is 254 g/mol. The number of carbonyl (C=O) groups excluding carboxylic acids is 2. The van der Waals surface area contributed by atoms with E-state index in [2.05, 4.69) is 5.32 Å². The van der Waals surface area contributed by atoms with Crippen LogP contribution in [0.25, 0.3) is 0 Å². The van der Waals surface area contributed by atoms with E-state index in [4.69, 9.17) is 11.5 Å². The van der Waals surface area contributed by atoms with Gasteiger partial charge in [-0.05, 0) is 35.9 Å². The standard InChI is InChI=1S/C15H15N3O2/c16-14(19)10-5-7-12(8-6-10)18-9-11-3-1-2-4-13(11)15(17)20/h1-8,18H,9H2,(H2,16,19)(H2,17,20). The van der Waals surface area contributed by atoms with Crippen molar-refractivity contribution in [2.75, 3.05) is 5.32 Å². The molecule has 0 aliphatic rings. The van der Waals surface area contributed by atoms with Crippen LogP contribution in [-0.4, -0.2) is 11.8 Å². The summed E-state index contributed by atoms with van der Waals surface area (Å²) in [6.45, 7) is 0.467. The fourth-order valence-electron chi connectivity index (χ4n) is 1.86. The van der Waals surface area contributed by atoms with Crippen LogP contribution in [0.15, 0.2) is 48.5 Å². The molecule has 20 heavy (non-hydrogen) atoms. The van der Waals surface area contributed by atoms with Crippen molar-refractivity contribution in [2.45, 2.75) is 6.54 Å². The second-order valence-corrected chi connectivity index (χ2v) is 4.32. The maximum atomic E-state index is 11.3. The minimum atomic E-state index is -0.462. The summed E-state index contributed by atoms with van der Waals surface area (Å²) in [6, 6.07) is 13.9. The largest absolute Gasteiger partial charge is 0.381 e. The van der Waals surface area contributed by atoms with Crippen LogP contribution in [0.4, 0.5) is 5.69 Å². The summed E-state index contributed by atoms with van der Waals surface area (Å²) in [5.74, 6) is -0.915. The van der Waals surface area contributed by atoms with Crippen molar-refractivity contribution in [2.24, 2.45) is 11.5 Å². The quantitative estimate of drug-likeness (QED) is 0.767. The molecule has 0 aliphatic heterocycles. The van der Waals surface area contributed by atoms with Gasteiger partial charge in [-0.25, -0.2) is 0 Å². The van der Waals surface area contributed by atoms with Gasteiger partial charge in [0, 0.05) is 23.4 Å². The fourth-order valence-corrected chi connectivity index (χ4v) is 1.86. The highest BCUT2D eigenvalue weighted by atomic mass is 16.1. The number of hydrogen-bond acceptors (Lipinski definition) is 3. The maximum Gasteiger partial charge on any atom is 0.249 e. The zero-order chi connectivity index (χ0) is 14.5. The van der Waals surface area contributed by atoms with Crippen molar-refractivity contribution in [1.82, 2.24) is 0 Å². The van der Waals surface area contributed by atoms with Crippen LogP contribution < -0.4 is 16.8 Å².